The number of benzene rings is 2. The maximum Gasteiger partial charge on any atom is 0.226 e. The summed E-state index contributed by atoms with van der Waals surface area (Å²) in [6, 6.07) is 15.8. The Morgan fingerprint density at radius 3 is 2.65 bits per heavy atom. The number of hydrogen-bond donors (Lipinski definition) is 1. The highest BCUT2D eigenvalue weighted by molar-refractivity contribution is 7.91. The molecule has 2 fully saturated rings. The van der Waals surface area contributed by atoms with Gasteiger partial charge in [0.15, 0.2) is 9.84 Å². The van der Waals surface area contributed by atoms with Crippen LogP contribution in [0.4, 0.5) is 0 Å². The van der Waals surface area contributed by atoms with Gasteiger partial charge in [0.2, 0.25) is 5.91 Å². The van der Waals surface area contributed by atoms with Crippen molar-refractivity contribution in [2.24, 2.45) is 5.41 Å². The maximum absolute atomic E-state index is 13.4. The Morgan fingerprint density at radius 1 is 1.16 bits per heavy atom. The highest BCUT2D eigenvalue weighted by atomic mass is 32.2. The van der Waals surface area contributed by atoms with Crippen molar-refractivity contribution in [3.63, 3.8) is 0 Å². The summed E-state index contributed by atoms with van der Waals surface area (Å²) in [5, 5.41) is 3.04. The van der Waals surface area contributed by atoms with E-state index in [0.717, 1.165) is 22.4 Å². The van der Waals surface area contributed by atoms with Crippen LogP contribution in [0.2, 0.25) is 0 Å². The number of sulfone groups is 1. The van der Waals surface area contributed by atoms with E-state index in [2.05, 4.69) is 11.4 Å². The molecule has 6 nitrogen and oxygen atoms in total. The van der Waals surface area contributed by atoms with Gasteiger partial charge in [0.1, 0.15) is 5.75 Å². The highest BCUT2D eigenvalue weighted by Crippen LogP contribution is 2.37. The first-order chi connectivity index (χ1) is 14.9. The second-order valence-corrected chi connectivity index (χ2v) is 10.8. The number of methoxy groups -OCH3 is 1. The topological polar surface area (TPSA) is 81.7 Å². The zero-order valence-electron chi connectivity index (χ0n) is 17.8. The van der Waals surface area contributed by atoms with Crippen molar-refractivity contribution in [3.8, 4) is 16.9 Å². The lowest BCUT2D eigenvalue weighted by Gasteiger charge is -2.37. The van der Waals surface area contributed by atoms with Crippen LogP contribution in [0, 0.1) is 5.41 Å². The number of ether oxygens (including phenoxy) is 2. The molecule has 2 aromatic carbocycles. The quantitative estimate of drug-likeness (QED) is 0.742. The van der Waals surface area contributed by atoms with Gasteiger partial charge in [0, 0.05) is 24.8 Å². The van der Waals surface area contributed by atoms with Gasteiger partial charge in [-0.05, 0) is 42.9 Å². The molecular formula is C24H29NO5S. The second-order valence-electron chi connectivity index (χ2n) is 8.54. The fraction of sp³-hybridized carbons (Fsp3) is 0.458. The molecule has 0 aromatic heterocycles. The normalized spacial score (nSPS) is 22.0. The lowest BCUT2D eigenvalue weighted by atomic mass is 9.74. The predicted octanol–water partition coefficient (Wildman–Crippen LogP) is 3.00. The molecule has 2 aliphatic rings. The summed E-state index contributed by atoms with van der Waals surface area (Å²) >= 11 is 0. The van der Waals surface area contributed by atoms with E-state index in [1.807, 2.05) is 42.5 Å². The Balaban J connectivity index is 1.57. The van der Waals surface area contributed by atoms with E-state index in [4.69, 9.17) is 9.47 Å². The third-order valence-corrected chi connectivity index (χ3v) is 8.15. The summed E-state index contributed by atoms with van der Waals surface area (Å²) in [7, 11) is -1.38. The molecule has 0 radical (unpaired) electrons. The molecule has 0 unspecified atom stereocenters. The molecule has 0 spiro atoms. The number of amides is 1. The van der Waals surface area contributed by atoms with Crippen LogP contribution >= 0.6 is 0 Å². The highest BCUT2D eigenvalue weighted by Gasteiger charge is 2.42. The van der Waals surface area contributed by atoms with Gasteiger partial charge in [0.05, 0.1) is 24.0 Å². The van der Waals surface area contributed by atoms with Gasteiger partial charge in [0.25, 0.3) is 0 Å². The second kappa shape index (κ2) is 9.01. The van der Waals surface area contributed by atoms with Crippen LogP contribution in [0.3, 0.4) is 0 Å². The predicted molar refractivity (Wildman–Crippen MR) is 120 cm³/mol. The van der Waals surface area contributed by atoms with Gasteiger partial charge < -0.3 is 14.8 Å². The standard InChI is InChI=1S/C24H29NO5S/c1-29-22-8-3-2-7-21(22)19-6-4-5-18(15-19)16-24(10-12-30-13-11-24)23(26)25-20-9-14-31(27,28)17-20/h2-8,15,20H,9-14,16-17H2,1H3,(H,25,26)/t20-/m1/s1. The Labute approximate surface area is 183 Å². The number of rotatable bonds is 6. The maximum atomic E-state index is 13.4. The van der Waals surface area contributed by atoms with E-state index < -0.39 is 15.3 Å². The lowest BCUT2D eigenvalue weighted by molar-refractivity contribution is -0.137. The molecule has 2 saturated heterocycles. The number of para-hydroxylation sites is 1. The SMILES string of the molecule is COc1ccccc1-c1cccc(CC2(C(=O)N[C@@H]3CCS(=O)(=O)C3)CCOCC2)c1. The Kier molecular flexibility index (Phi) is 6.34. The minimum atomic E-state index is -3.04. The average Bonchev–Trinajstić information content (AvgIpc) is 3.12. The van der Waals surface area contributed by atoms with E-state index in [1.165, 1.54) is 0 Å². The summed E-state index contributed by atoms with van der Waals surface area (Å²) in [5.74, 6) is 0.935. The third kappa shape index (κ3) is 4.93. The minimum absolute atomic E-state index is 0.0363. The Hall–Kier alpha value is -2.38. The van der Waals surface area contributed by atoms with Gasteiger partial charge in [-0.2, -0.15) is 0 Å². The van der Waals surface area contributed by atoms with E-state index in [1.54, 1.807) is 7.11 Å². The largest absolute Gasteiger partial charge is 0.496 e. The van der Waals surface area contributed by atoms with Crippen LogP contribution < -0.4 is 10.1 Å². The zero-order valence-corrected chi connectivity index (χ0v) is 18.6. The molecule has 4 rings (SSSR count). The van der Waals surface area contributed by atoms with E-state index in [-0.39, 0.29) is 23.5 Å². The molecule has 2 heterocycles. The fourth-order valence-electron chi connectivity index (χ4n) is 4.62. The summed E-state index contributed by atoms with van der Waals surface area (Å²) < 4.78 is 34.7. The summed E-state index contributed by atoms with van der Waals surface area (Å²) in [6.45, 7) is 1.06. The first-order valence-corrected chi connectivity index (χ1v) is 12.5. The van der Waals surface area contributed by atoms with Crippen LogP contribution in [-0.4, -0.2) is 52.2 Å². The molecule has 1 amide bonds. The number of carbonyl (C=O) groups excluding carboxylic acids is 1. The molecule has 0 saturated carbocycles. The molecule has 7 heteroatoms. The Morgan fingerprint density at radius 2 is 1.94 bits per heavy atom. The van der Waals surface area contributed by atoms with Crippen LogP contribution in [0.1, 0.15) is 24.8 Å². The molecule has 0 bridgehead atoms. The van der Waals surface area contributed by atoms with Crippen LogP contribution in [0.15, 0.2) is 48.5 Å². The molecule has 2 aliphatic heterocycles. The first-order valence-electron chi connectivity index (χ1n) is 10.7. The smallest absolute Gasteiger partial charge is 0.226 e. The van der Waals surface area contributed by atoms with Gasteiger partial charge in [-0.3, -0.25) is 4.79 Å². The van der Waals surface area contributed by atoms with Gasteiger partial charge in [-0.15, -0.1) is 0 Å². The molecule has 31 heavy (non-hydrogen) atoms. The number of nitrogens with one attached hydrogen (secondary N) is 1. The fourth-order valence-corrected chi connectivity index (χ4v) is 6.29. The van der Waals surface area contributed by atoms with E-state index in [0.29, 0.717) is 38.9 Å². The molecule has 1 N–H and O–H groups in total. The third-order valence-electron chi connectivity index (χ3n) is 6.39. The number of carbonyl (C=O) groups is 1. The van der Waals surface area contributed by atoms with E-state index in [9.17, 15) is 13.2 Å². The summed E-state index contributed by atoms with van der Waals surface area (Å²) in [6.07, 6.45) is 2.32. The van der Waals surface area contributed by atoms with E-state index >= 15 is 0 Å². The zero-order chi connectivity index (χ0) is 21.9. The minimum Gasteiger partial charge on any atom is -0.496 e. The summed E-state index contributed by atoms with van der Waals surface area (Å²) in [5.41, 5.74) is 2.52. The van der Waals surface area contributed by atoms with Crippen molar-refractivity contribution in [2.75, 3.05) is 31.8 Å². The molecule has 2 aromatic rings. The van der Waals surface area contributed by atoms with Crippen molar-refractivity contribution in [2.45, 2.75) is 31.7 Å². The van der Waals surface area contributed by atoms with Gasteiger partial charge >= 0.3 is 0 Å². The average molecular weight is 444 g/mol. The first kappa shape index (κ1) is 21.8. The summed E-state index contributed by atoms with van der Waals surface area (Å²) in [4.78, 5) is 13.4. The monoisotopic (exact) mass is 443 g/mol. The van der Waals surface area contributed by atoms with Crippen LogP contribution in [-0.2, 0) is 25.8 Å². The molecule has 0 aliphatic carbocycles. The van der Waals surface area contributed by atoms with Crippen molar-refractivity contribution in [1.29, 1.82) is 0 Å². The van der Waals surface area contributed by atoms with Gasteiger partial charge in [-0.25, -0.2) is 8.42 Å². The number of hydrogen-bond acceptors (Lipinski definition) is 5. The van der Waals surface area contributed by atoms with Gasteiger partial charge in [-0.1, -0.05) is 42.5 Å². The van der Waals surface area contributed by atoms with Crippen LogP contribution in [0.25, 0.3) is 11.1 Å². The van der Waals surface area contributed by atoms with Crippen molar-refractivity contribution in [3.05, 3.63) is 54.1 Å². The Bertz CT molecular complexity index is 1040. The lowest BCUT2D eigenvalue weighted by Crippen LogP contribution is -2.49. The molecule has 166 valence electrons. The molecular weight excluding hydrogens is 414 g/mol. The molecule has 1 atom stereocenters. The van der Waals surface area contributed by atoms with Crippen LogP contribution in [0.5, 0.6) is 5.75 Å². The van der Waals surface area contributed by atoms with Crippen molar-refractivity contribution < 1.29 is 22.7 Å². The van der Waals surface area contributed by atoms with Crippen molar-refractivity contribution in [1.82, 2.24) is 5.32 Å². The van der Waals surface area contributed by atoms with Crippen molar-refractivity contribution >= 4 is 15.7 Å².